The Kier molecular flexibility index (Phi) is 3.65. The van der Waals surface area contributed by atoms with Crippen LogP contribution in [0.3, 0.4) is 0 Å². The van der Waals surface area contributed by atoms with Crippen molar-refractivity contribution >= 4 is 0 Å². The van der Waals surface area contributed by atoms with E-state index in [1.807, 2.05) is 0 Å². The molecule has 0 aromatic rings. The lowest BCUT2D eigenvalue weighted by molar-refractivity contribution is 0.176. The predicted octanol–water partition coefficient (Wildman–Crippen LogP) is 1.27. The molecule has 2 rings (SSSR count). The third-order valence-corrected chi connectivity index (χ3v) is 4.11. The average molecular weight is 212 g/mol. The molecule has 1 aliphatic heterocycles. The molecule has 3 nitrogen and oxygen atoms in total. The number of hydrogen-bond acceptors (Lipinski definition) is 3. The minimum Gasteiger partial charge on any atom is -0.381 e. The van der Waals surface area contributed by atoms with E-state index in [0.717, 1.165) is 26.2 Å². The zero-order valence-corrected chi connectivity index (χ0v) is 9.80. The zero-order chi connectivity index (χ0) is 10.7. The van der Waals surface area contributed by atoms with Crippen LogP contribution in [0, 0.1) is 5.92 Å². The molecule has 0 aromatic carbocycles. The van der Waals surface area contributed by atoms with Gasteiger partial charge in [-0.2, -0.15) is 0 Å². The van der Waals surface area contributed by atoms with Crippen LogP contribution in [-0.4, -0.2) is 31.3 Å². The predicted molar refractivity (Wildman–Crippen MR) is 61.8 cm³/mol. The molecule has 1 saturated carbocycles. The minimum absolute atomic E-state index is 0.166. The lowest BCUT2D eigenvalue weighted by atomic mass is 9.75. The molecule has 1 aliphatic carbocycles. The molecule has 3 heteroatoms. The van der Waals surface area contributed by atoms with E-state index >= 15 is 0 Å². The van der Waals surface area contributed by atoms with E-state index in [-0.39, 0.29) is 5.54 Å². The van der Waals surface area contributed by atoms with E-state index in [9.17, 15) is 0 Å². The Labute approximate surface area is 92.7 Å². The Bertz CT molecular complexity index is 198. The number of ether oxygens (including phenoxy) is 1. The molecule has 0 amide bonds. The van der Waals surface area contributed by atoms with Gasteiger partial charge in [0.05, 0.1) is 6.61 Å². The molecule has 2 fully saturated rings. The van der Waals surface area contributed by atoms with Gasteiger partial charge in [0.15, 0.2) is 0 Å². The van der Waals surface area contributed by atoms with Crippen LogP contribution in [0.15, 0.2) is 0 Å². The fourth-order valence-electron chi connectivity index (χ4n) is 2.54. The highest BCUT2D eigenvalue weighted by Crippen LogP contribution is 2.31. The summed E-state index contributed by atoms with van der Waals surface area (Å²) in [4.78, 5) is 0. The maximum Gasteiger partial charge on any atom is 0.0509 e. The number of hydrogen-bond donors (Lipinski definition) is 2. The molecule has 88 valence electrons. The highest BCUT2D eigenvalue weighted by molar-refractivity contribution is 4.93. The quantitative estimate of drug-likeness (QED) is 0.721. The van der Waals surface area contributed by atoms with E-state index in [0.29, 0.717) is 12.0 Å². The highest BCUT2D eigenvalue weighted by atomic mass is 16.5. The zero-order valence-electron chi connectivity index (χ0n) is 9.80. The van der Waals surface area contributed by atoms with Crippen LogP contribution in [0.2, 0.25) is 0 Å². The van der Waals surface area contributed by atoms with E-state index in [4.69, 9.17) is 10.5 Å². The van der Waals surface area contributed by atoms with Gasteiger partial charge in [-0.3, -0.25) is 0 Å². The lowest BCUT2D eigenvalue weighted by Gasteiger charge is -2.38. The molecule has 3 N–H and O–H groups in total. The van der Waals surface area contributed by atoms with Gasteiger partial charge >= 0.3 is 0 Å². The topological polar surface area (TPSA) is 47.3 Å². The van der Waals surface area contributed by atoms with Crippen molar-refractivity contribution in [3.8, 4) is 0 Å². The number of nitrogens with one attached hydrogen (secondary N) is 1. The van der Waals surface area contributed by atoms with Crippen LogP contribution >= 0.6 is 0 Å². The monoisotopic (exact) mass is 212 g/mol. The van der Waals surface area contributed by atoms with Crippen LogP contribution in [0.4, 0.5) is 0 Å². The molecule has 0 bridgehead atoms. The summed E-state index contributed by atoms with van der Waals surface area (Å²) in [6, 6.07) is 0.580. The molecule has 0 radical (unpaired) electrons. The first-order chi connectivity index (χ1) is 7.20. The summed E-state index contributed by atoms with van der Waals surface area (Å²) in [7, 11) is 0. The average Bonchev–Trinajstić information content (AvgIpc) is 2.67. The molecule has 15 heavy (non-hydrogen) atoms. The smallest absolute Gasteiger partial charge is 0.0509 e. The molecule has 0 spiro atoms. The van der Waals surface area contributed by atoms with Crippen molar-refractivity contribution in [1.29, 1.82) is 0 Å². The Morgan fingerprint density at radius 3 is 2.87 bits per heavy atom. The van der Waals surface area contributed by atoms with Crippen molar-refractivity contribution in [2.45, 2.75) is 50.6 Å². The second-order valence-electron chi connectivity index (χ2n) is 5.33. The van der Waals surface area contributed by atoms with Gasteiger partial charge < -0.3 is 15.8 Å². The second-order valence-corrected chi connectivity index (χ2v) is 5.33. The Balaban J connectivity index is 1.60. The Hall–Kier alpha value is -0.120. The van der Waals surface area contributed by atoms with Crippen LogP contribution in [-0.2, 0) is 4.74 Å². The molecule has 2 atom stereocenters. The maximum atomic E-state index is 6.18. The van der Waals surface area contributed by atoms with Gasteiger partial charge in [0.1, 0.15) is 0 Å². The van der Waals surface area contributed by atoms with Gasteiger partial charge in [-0.1, -0.05) is 0 Å². The summed E-state index contributed by atoms with van der Waals surface area (Å²) in [6.07, 6.45) is 6.10. The molecule has 1 heterocycles. The Morgan fingerprint density at radius 1 is 1.53 bits per heavy atom. The summed E-state index contributed by atoms with van der Waals surface area (Å²) in [5, 5.41) is 3.59. The molecular formula is C12H24N2O. The fraction of sp³-hybridized carbons (Fsp3) is 1.00. The maximum absolute atomic E-state index is 6.18. The number of rotatable bonds is 5. The third-order valence-electron chi connectivity index (χ3n) is 4.11. The van der Waals surface area contributed by atoms with Crippen LogP contribution in [0.5, 0.6) is 0 Å². The lowest BCUT2D eigenvalue weighted by Crippen LogP contribution is -2.49. The summed E-state index contributed by atoms with van der Waals surface area (Å²) in [5.41, 5.74) is 6.34. The normalized spacial score (nSPS) is 31.2. The summed E-state index contributed by atoms with van der Waals surface area (Å²) in [6.45, 7) is 5.21. The van der Waals surface area contributed by atoms with Crippen molar-refractivity contribution in [3.63, 3.8) is 0 Å². The van der Waals surface area contributed by atoms with Gasteiger partial charge in [0.2, 0.25) is 0 Å². The SMILES string of the molecule is CC(NCCC1(N)CCC1)C1CCOC1. The van der Waals surface area contributed by atoms with E-state index < -0.39 is 0 Å². The summed E-state index contributed by atoms with van der Waals surface area (Å²) >= 11 is 0. The van der Waals surface area contributed by atoms with E-state index in [1.54, 1.807) is 0 Å². The molecule has 2 unspecified atom stereocenters. The van der Waals surface area contributed by atoms with Crippen LogP contribution < -0.4 is 11.1 Å². The van der Waals surface area contributed by atoms with Crippen molar-refractivity contribution in [2.75, 3.05) is 19.8 Å². The van der Waals surface area contributed by atoms with Crippen LogP contribution in [0.1, 0.15) is 39.0 Å². The first-order valence-corrected chi connectivity index (χ1v) is 6.30. The summed E-state index contributed by atoms with van der Waals surface area (Å²) < 4.78 is 5.39. The van der Waals surface area contributed by atoms with Crippen LogP contribution in [0.25, 0.3) is 0 Å². The minimum atomic E-state index is 0.166. The molecule has 0 aromatic heterocycles. The van der Waals surface area contributed by atoms with Gasteiger partial charge in [-0.25, -0.2) is 0 Å². The van der Waals surface area contributed by atoms with Gasteiger partial charge in [-0.15, -0.1) is 0 Å². The second kappa shape index (κ2) is 4.81. The molecular weight excluding hydrogens is 188 g/mol. The Morgan fingerprint density at radius 2 is 2.33 bits per heavy atom. The molecule has 1 saturated heterocycles. The first kappa shape index (κ1) is 11.4. The first-order valence-electron chi connectivity index (χ1n) is 6.30. The van der Waals surface area contributed by atoms with E-state index in [1.165, 1.54) is 25.7 Å². The van der Waals surface area contributed by atoms with Crippen molar-refractivity contribution < 1.29 is 4.74 Å². The highest BCUT2D eigenvalue weighted by Gasteiger charge is 2.32. The largest absolute Gasteiger partial charge is 0.381 e. The van der Waals surface area contributed by atoms with Gasteiger partial charge in [0, 0.05) is 18.2 Å². The van der Waals surface area contributed by atoms with E-state index in [2.05, 4.69) is 12.2 Å². The third kappa shape index (κ3) is 2.92. The fourth-order valence-corrected chi connectivity index (χ4v) is 2.54. The number of nitrogens with two attached hydrogens (primary N) is 1. The van der Waals surface area contributed by atoms with Crippen molar-refractivity contribution in [1.82, 2.24) is 5.32 Å². The van der Waals surface area contributed by atoms with Crippen molar-refractivity contribution in [2.24, 2.45) is 11.7 Å². The van der Waals surface area contributed by atoms with Gasteiger partial charge in [0.25, 0.3) is 0 Å². The van der Waals surface area contributed by atoms with Crippen molar-refractivity contribution in [3.05, 3.63) is 0 Å². The van der Waals surface area contributed by atoms with Gasteiger partial charge in [-0.05, 0) is 51.5 Å². The standard InChI is InChI=1S/C12H24N2O/c1-10(11-3-8-15-9-11)14-7-6-12(13)4-2-5-12/h10-11,14H,2-9,13H2,1H3. The molecule has 2 aliphatic rings. The summed E-state index contributed by atoms with van der Waals surface area (Å²) in [5.74, 6) is 0.708.